The summed E-state index contributed by atoms with van der Waals surface area (Å²) in [5, 5.41) is 0.294. The van der Waals surface area contributed by atoms with Crippen molar-refractivity contribution in [2.45, 2.75) is 77.9 Å². The molecule has 0 saturated carbocycles. The number of methoxy groups -OCH3 is 1. The topological polar surface area (TPSA) is 18.5 Å². The van der Waals surface area contributed by atoms with E-state index in [4.69, 9.17) is 9.16 Å². The molecule has 0 spiro atoms. The van der Waals surface area contributed by atoms with E-state index in [1.54, 1.807) is 7.11 Å². The third-order valence-electron chi connectivity index (χ3n) is 4.05. The highest BCUT2D eigenvalue weighted by Crippen LogP contribution is 2.36. The summed E-state index contributed by atoms with van der Waals surface area (Å²) in [6.45, 7) is 14.5. The Balaban J connectivity index is 4.05. The van der Waals surface area contributed by atoms with Crippen molar-refractivity contribution in [2.75, 3.05) is 13.7 Å². The Morgan fingerprint density at radius 1 is 1.16 bits per heavy atom. The van der Waals surface area contributed by atoms with E-state index in [2.05, 4.69) is 46.9 Å². The summed E-state index contributed by atoms with van der Waals surface area (Å²) in [6, 6.07) is 0. The van der Waals surface area contributed by atoms with Gasteiger partial charge in [-0.1, -0.05) is 40.5 Å². The molecule has 0 unspecified atom stereocenters. The van der Waals surface area contributed by atoms with Gasteiger partial charge in [-0.05, 0) is 37.0 Å². The first-order valence-electron chi connectivity index (χ1n) is 7.61. The molecule has 0 bridgehead atoms. The predicted octanol–water partition coefficient (Wildman–Crippen LogP) is 5.51. The molecule has 0 heterocycles. The Hall–Kier alpha value is -0.283. The summed E-state index contributed by atoms with van der Waals surface area (Å²) < 4.78 is 11.6. The number of rotatable bonds is 9. The molecule has 3 heteroatoms. The van der Waals surface area contributed by atoms with Crippen LogP contribution >= 0.6 is 0 Å². The van der Waals surface area contributed by atoms with Crippen LogP contribution in [0.1, 0.15) is 59.8 Å². The molecule has 0 N–H and O–H groups in total. The lowest BCUT2D eigenvalue weighted by Crippen LogP contribution is -2.40. The van der Waals surface area contributed by atoms with Crippen LogP contribution < -0.4 is 0 Å². The molecule has 0 rings (SSSR count). The average molecular weight is 287 g/mol. The molecule has 0 radical (unpaired) electrons. The standard InChI is InChI=1S/C16H34O2Si/c1-8-9-10-12-15(17-5)13-11-14-18-19(6,7)16(2,3)4/h13H,8-12,14H2,1-7H3/b15-13+. The molecule has 0 aromatic carbocycles. The van der Waals surface area contributed by atoms with Gasteiger partial charge in [-0.3, -0.25) is 0 Å². The summed E-state index contributed by atoms with van der Waals surface area (Å²) in [6.07, 6.45) is 7.97. The quantitative estimate of drug-likeness (QED) is 0.316. The minimum absolute atomic E-state index is 0.294. The van der Waals surface area contributed by atoms with Gasteiger partial charge in [0.1, 0.15) is 0 Å². The van der Waals surface area contributed by atoms with Crippen molar-refractivity contribution in [1.82, 2.24) is 0 Å². The van der Waals surface area contributed by atoms with E-state index in [9.17, 15) is 0 Å². The van der Waals surface area contributed by atoms with Crippen LogP contribution in [0.5, 0.6) is 0 Å². The fourth-order valence-corrected chi connectivity index (χ4v) is 2.65. The second kappa shape index (κ2) is 8.80. The molecule has 0 aromatic rings. The first-order chi connectivity index (χ1) is 8.74. The van der Waals surface area contributed by atoms with Crippen LogP contribution in [0.3, 0.4) is 0 Å². The van der Waals surface area contributed by atoms with E-state index in [0.29, 0.717) is 5.04 Å². The predicted molar refractivity (Wildman–Crippen MR) is 87.0 cm³/mol. The summed E-state index contributed by atoms with van der Waals surface area (Å²) >= 11 is 0. The van der Waals surface area contributed by atoms with E-state index >= 15 is 0 Å². The van der Waals surface area contributed by atoms with E-state index in [-0.39, 0.29) is 0 Å². The van der Waals surface area contributed by atoms with Crippen LogP contribution in [0.25, 0.3) is 0 Å². The largest absolute Gasteiger partial charge is 0.501 e. The van der Waals surface area contributed by atoms with Gasteiger partial charge in [0.05, 0.1) is 12.9 Å². The van der Waals surface area contributed by atoms with Gasteiger partial charge < -0.3 is 9.16 Å². The molecule has 114 valence electrons. The van der Waals surface area contributed by atoms with Gasteiger partial charge in [-0.2, -0.15) is 0 Å². The number of hydrogen-bond donors (Lipinski definition) is 0. The lowest BCUT2D eigenvalue weighted by Gasteiger charge is -2.36. The molecule has 0 fully saturated rings. The van der Waals surface area contributed by atoms with E-state index in [1.807, 2.05) is 0 Å². The zero-order valence-corrected chi connectivity index (χ0v) is 15.1. The van der Waals surface area contributed by atoms with Gasteiger partial charge in [-0.25, -0.2) is 0 Å². The van der Waals surface area contributed by atoms with E-state index < -0.39 is 8.32 Å². The highest BCUT2D eigenvalue weighted by atomic mass is 28.4. The van der Waals surface area contributed by atoms with Crippen molar-refractivity contribution < 1.29 is 9.16 Å². The van der Waals surface area contributed by atoms with Crippen LogP contribution in [0.15, 0.2) is 11.8 Å². The Labute approximate surface area is 121 Å². The maximum atomic E-state index is 6.15. The minimum atomic E-state index is -1.59. The number of hydrogen-bond acceptors (Lipinski definition) is 2. The average Bonchev–Trinajstić information content (AvgIpc) is 2.31. The first kappa shape index (κ1) is 18.7. The van der Waals surface area contributed by atoms with Crippen LogP contribution in [0.4, 0.5) is 0 Å². The van der Waals surface area contributed by atoms with Crippen molar-refractivity contribution in [3.05, 3.63) is 11.8 Å². The zero-order valence-electron chi connectivity index (χ0n) is 14.1. The molecule has 19 heavy (non-hydrogen) atoms. The molecule has 0 amide bonds. The lowest BCUT2D eigenvalue weighted by molar-refractivity contribution is 0.264. The minimum Gasteiger partial charge on any atom is -0.501 e. The fraction of sp³-hybridized carbons (Fsp3) is 0.875. The summed E-state index contributed by atoms with van der Waals surface area (Å²) in [5.41, 5.74) is 0. The van der Waals surface area contributed by atoms with Gasteiger partial charge in [-0.15, -0.1) is 0 Å². The molecule has 0 aliphatic carbocycles. The first-order valence-corrected chi connectivity index (χ1v) is 10.5. The van der Waals surface area contributed by atoms with Crippen molar-refractivity contribution in [1.29, 1.82) is 0 Å². The SMILES string of the molecule is CCCCC/C(=C\CCO[Si](C)(C)C(C)(C)C)OC. The maximum absolute atomic E-state index is 6.15. The van der Waals surface area contributed by atoms with Crippen molar-refractivity contribution in [3.8, 4) is 0 Å². The zero-order chi connectivity index (χ0) is 14.9. The molecule has 2 nitrogen and oxygen atoms in total. The third-order valence-corrected chi connectivity index (χ3v) is 8.59. The second-order valence-corrected chi connectivity index (χ2v) is 11.5. The number of ether oxygens (including phenoxy) is 1. The fourth-order valence-electron chi connectivity index (χ4n) is 1.59. The lowest BCUT2D eigenvalue weighted by atomic mass is 10.1. The van der Waals surface area contributed by atoms with Crippen molar-refractivity contribution >= 4 is 8.32 Å². The highest BCUT2D eigenvalue weighted by Gasteiger charge is 2.36. The van der Waals surface area contributed by atoms with Crippen molar-refractivity contribution in [3.63, 3.8) is 0 Å². The Morgan fingerprint density at radius 3 is 2.26 bits per heavy atom. The highest BCUT2D eigenvalue weighted by molar-refractivity contribution is 6.74. The number of unbranched alkanes of at least 4 members (excludes halogenated alkanes) is 2. The molecule has 0 saturated heterocycles. The Morgan fingerprint density at radius 2 is 1.79 bits per heavy atom. The summed E-state index contributed by atoms with van der Waals surface area (Å²) in [7, 11) is 0.182. The molecular formula is C16H34O2Si. The molecule has 0 atom stereocenters. The van der Waals surface area contributed by atoms with Gasteiger partial charge in [0, 0.05) is 13.0 Å². The van der Waals surface area contributed by atoms with Crippen LogP contribution in [-0.2, 0) is 9.16 Å². The second-order valence-electron chi connectivity index (χ2n) is 6.73. The molecule has 0 aliphatic heterocycles. The van der Waals surface area contributed by atoms with Crippen LogP contribution in [0, 0.1) is 0 Å². The number of allylic oxidation sites excluding steroid dienone is 1. The van der Waals surface area contributed by atoms with Crippen LogP contribution in [0.2, 0.25) is 18.1 Å². The summed E-state index contributed by atoms with van der Waals surface area (Å²) in [5.74, 6) is 1.12. The van der Waals surface area contributed by atoms with Gasteiger partial charge in [0.25, 0.3) is 0 Å². The molecular weight excluding hydrogens is 252 g/mol. The molecule has 0 aliphatic rings. The van der Waals surface area contributed by atoms with Gasteiger partial charge in [0.15, 0.2) is 8.32 Å². The van der Waals surface area contributed by atoms with Gasteiger partial charge >= 0.3 is 0 Å². The normalized spacial score (nSPS) is 13.7. The van der Waals surface area contributed by atoms with E-state index in [1.165, 1.54) is 19.3 Å². The monoisotopic (exact) mass is 286 g/mol. The Bertz CT molecular complexity index is 264. The summed E-state index contributed by atoms with van der Waals surface area (Å²) in [4.78, 5) is 0. The third kappa shape index (κ3) is 7.78. The Kier molecular flexibility index (Phi) is 8.67. The molecule has 0 aromatic heterocycles. The van der Waals surface area contributed by atoms with Crippen molar-refractivity contribution in [2.24, 2.45) is 0 Å². The van der Waals surface area contributed by atoms with E-state index in [0.717, 1.165) is 25.2 Å². The van der Waals surface area contributed by atoms with Gasteiger partial charge in [0.2, 0.25) is 0 Å². The van der Waals surface area contributed by atoms with Crippen LogP contribution in [-0.4, -0.2) is 22.0 Å². The smallest absolute Gasteiger partial charge is 0.191 e. The maximum Gasteiger partial charge on any atom is 0.191 e.